The first kappa shape index (κ1) is 15.4. The number of carbonyl (C=O) groups excluding carboxylic acids is 1. The molecule has 1 N–H and O–H groups in total. The molecule has 1 aromatic carbocycles. The van der Waals surface area contributed by atoms with Crippen molar-refractivity contribution >= 4 is 32.6 Å². The third-order valence-electron chi connectivity index (χ3n) is 2.24. The molecule has 100 valence electrons. The van der Waals surface area contributed by atoms with Crippen LogP contribution in [0, 0.1) is 5.92 Å². The summed E-state index contributed by atoms with van der Waals surface area (Å²) in [5, 5.41) is 2.77. The van der Waals surface area contributed by atoms with Crippen molar-refractivity contribution in [3.8, 4) is 0 Å². The van der Waals surface area contributed by atoms with Gasteiger partial charge in [0, 0.05) is 27.6 Å². The normalized spacial score (nSPS) is 12.4. The maximum Gasteiger partial charge on any atom is 0.232 e. The summed E-state index contributed by atoms with van der Waals surface area (Å²) in [6.45, 7) is 4.69. The minimum absolute atomic E-state index is 0.0722. The third-order valence-corrected chi connectivity index (χ3v) is 4.01. The molecule has 0 aromatic heterocycles. The van der Waals surface area contributed by atoms with Gasteiger partial charge in [-0.2, -0.15) is 0 Å². The van der Waals surface area contributed by atoms with Crippen LogP contribution in [0.5, 0.6) is 0 Å². The van der Waals surface area contributed by atoms with Gasteiger partial charge in [0.25, 0.3) is 0 Å². The van der Waals surface area contributed by atoms with E-state index in [-0.39, 0.29) is 11.7 Å². The fraction of sp³-hybridized carbons (Fsp3) is 0.462. The second-order valence-electron chi connectivity index (χ2n) is 4.55. The van der Waals surface area contributed by atoms with Crippen LogP contribution in [0.15, 0.2) is 28.7 Å². The highest BCUT2D eigenvalue weighted by Crippen LogP contribution is 2.11. The summed E-state index contributed by atoms with van der Waals surface area (Å²) in [4.78, 5) is 11.5. The van der Waals surface area contributed by atoms with Gasteiger partial charge in [0.1, 0.15) is 5.75 Å². The van der Waals surface area contributed by atoms with Gasteiger partial charge in [-0.3, -0.25) is 9.00 Å². The molecule has 0 heterocycles. The van der Waals surface area contributed by atoms with Crippen molar-refractivity contribution < 1.29 is 9.00 Å². The molecule has 0 bridgehead atoms. The zero-order valence-corrected chi connectivity index (χ0v) is 13.0. The van der Waals surface area contributed by atoms with Gasteiger partial charge in [0.2, 0.25) is 5.91 Å². The van der Waals surface area contributed by atoms with Gasteiger partial charge in [-0.05, 0) is 23.6 Å². The molecular formula is C13H18BrNO2S. The zero-order valence-electron chi connectivity index (χ0n) is 10.6. The maximum atomic E-state index is 11.8. The van der Waals surface area contributed by atoms with Crippen molar-refractivity contribution in [2.24, 2.45) is 5.92 Å². The Bertz CT molecular complexity index is 418. The Kier molecular flexibility index (Phi) is 6.57. The Morgan fingerprint density at radius 2 is 1.94 bits per heavy atom. The molecule has 1 atom stereocenters. The van der Waals surface area contributed by atoms with Crippen LogP contribution >= 0.6 is 15.9 Å². The smallest absolute Gasteiger partial charge is 0.232 e. The van der Waals surface area contributed by atoms with Crippen LogP contribution in [0.1, 0.15) is 19.4 Å². The van der Waals surface area contributed by atoms with Crippen molar-refractivity contribution in [2.75, 3.05) is 12.3 Å². The summed E-state index contributed by atoms with van der Waals surface area (Å²) in [5.74, 6) is 0.763. The molecule has 3 nitrogen and oxygen atoms in total. The molecule has 18 heavy (non-hydrogen) atoms. The highest BCUT2D eigenvalue weighted by molar-refractivity contribution is 9.10. The molecule has 1 amide bonds. The van der Waals surface area contributed by atoms with E-state index < -0.39 is 10.8 Å². The molecular weight excluding hydrogens is 314 g/mol. The number of hydrogen-bond acceptors (Lipinski definition) is 2. The van der Waals surface area contributed by atoms with Gasteiger partial charge in [-0.1, -0.05) is 41.9 Å². The molecule has 5 heteroatoms. The van der Waals surface area contributed by atoms with Crippen LogP contribution in [0.4, 0.5) is 0 Å². The van der Waals surface area contributed by atoms with Crippen molar-refractivity contribution in [1.29, 1.82) is 0 Å². The van der Waals surface area contributed by atoms with E-state index in [1.54, 1.807) is 0 Å². The van der Waals surface area contributed by atoms with Gasteiger partial charge in [-0.15, -0.1) is 0 Å². The van der Waals surface area contributed by atoms with E-state index in [0.29, 0.717) is 18.2 Å². The van der Waals surface area contributed by atoms with E-state index in [1.807, 2.05) is 38.1 Å². The highest BCUT2D eigenvalue weighted by atomic mass is 79.9. The number of halogens is 1. The lowest BCUT2D eigenvalue weighted by Crippen LogP contribution is -2.31. The van der Waals surface area contributed by atoms with Crippen molar-refractivity contribution in [1.82, 2.24) is 5.32 Å². The van der Waals surface area contributed by atoms with E-state index >= 15 is 0 Å². The molecule has 0 aliphatic heterocycles. The van der Waals surface area contributed by atoms with E-state index in [9.17, 15) is 9.00 Å². The van der Waals surface area contributed by atoms with E-state index in [0.717, 1.165) is 10.0 Å². The maximum absolute atomic E-state index is 11.8. The molecule has 1 rings (SSSR count). The van der Waals surface area contributed by atoms with Gasteiger partial charge in [0.15, 0.2) is 0 Å². The Hall–Kier alpha value is -0.680. The molecule has 0 spiro atoms. The number of nitrogens with one attached hydrogen (secondary N) is 1. The molecule has 0 aliphatic carbocycles. The van der Waals surface area contributed by atoms with E-state index in [2.05, 4.69) is 21.2 Å². The van der Waals surface area contributed by atoms with Gasteiger partial charge < -0.3 is 5.32 Å². The number of rotatable bonds is 6. The number of carbonyl (C=O) groups is 1. The van der Waals surface area contributed by atoms with Crippen LogP contribution < -0.4 is 5.32 Å². The number of amides is 1. The molecule has 0 radical (unpaired) electrons. The van der Waals surface area contributed by atoms with Gasteiger partial charge in [-0.25, -0.2) is 0 Å². The lowest BCUT2D eigenvalue weighted by atomic mass is 10.2. The summed E-state index contributed by atoms with van der Waals surface area (Å²) in [5.41, 5.74) is 0.980. The minimum Gasteiger partial charge on any atom is -0.355 e. The molecule has 0 aliphatic rings. The highest BCUT2D eigenvalue weighted by Gasteiger charge is 2.08. The van der Waals surface area contributed by atoms with Gasteiger partial charge >= 0.3 is 0 Å². The van der Waals surface area contributed by atoms with E-state index in [4.69, 9.17) is 0 Å². The number of benzene rings is 1. The average molecular weight is 332 g/mol. The van der Waals surface area contributed by atoms with Gasteiger partial charge in [0.05, 0.1) is 0 Å². The Balaban J connectivity index is 2.37. The quantitative estimate of drug-likeness (QED) is 0.870. The summed E-state index contributed by atoms with van der Waals surface area (Å²) in [6, 6.07) is 7.64. The van der Waals surface area contributed by atoms with Crippen LogP contribution in [0.3, 0.4) is 0 Å². The fourth-order valence-electron chi connectivity index (χ4n) is 1.33. The first-order valence-corrected chi connectivity index (χ1v) is 8.11. The number of hydrogen-bond donors (Lipinski definition) is 1. The molecule has 0 fully saturated rings. The molecule has 0 saturated heterocycles. The predicted octanol–water partition coefficient (Wildman–Crippen LogP) is 2.47. The van der Waals surface area contributed by atoms with Crippen molar-refractivity contribution in [3.05, 3.63) is 34.3 Å². The molecule has 1 unspecified atom stereocenters. The SMILES string of the molecule is CC(C)CNC(=O)CS(=O)Cc1ccc(Br)cc1. The predicted molar refractivity (Wildman–Crippen MR) is 78.7 cm³/mol. The first-order chi connectivity index (χ1) is 8.47. The van der Waals surface area contributed by atoms with E-state index in [1.165, 1.54) is 0 Å². The van der Waals surface area contributed by atoms with Crippen molar-refractivity contribution in [3.63, 3.8) is 0 Å². The minimum atomic E-state index is -1.15. The largest absolute Gasteiger partial charge is 0.355 e. The molecule has 1 aromatic rings. The average Bonchev–Trinajstić information content (AvgIpc) is 2.29. The monoisotopic (exact) mass is 331 g/mol. The third kappa shape index (κ3) is 6.31. The lowest BCUT2D eigenvalue weighted by molar-refractivity contribution is -0.118. The molecule has 0 saturated carbocycles. The standard InChI is InChI=1S/C13H18BrNO2S/c1-10(2)7-15-13(16)9-18(17)8-11-3-5-12(14)6-4-11/h3-6,10H,7-9H2,1-2H3,(H,15,16). The lowest BCUT2D eigenvalue weighted by Gasteiger charge is -2.07. The fourth-order valence-corrected chi connectivity index (χ4v) is 2.66. The summed E-state index contributed by atoms with van der Waals surface area (Å²) in [7, 11) is -1.15. The first-order valence-electron chi connectivity index (χ1n) is 5.83. The summed E-state index contributed by atoms with van der Waals surface area (Å²) < 4.78 is 12.8. The van der Waals surface area contributed by atoms with Crippen LogP contribution in [0.2, 0.25) is 0 Å². The Morgan fingerprint density at radius 1 is 1.33 bits per heavy atom. The zero-order chi connectivity index (χ0) is 13.5. The summed E-state index contributed by atoms with van der Waals surface area (Å²) in [6.07, 6.45) is 0. The Morgan fingerprint density at radius 3 is 2.50 bits per heavy atom. The van der Waals surface area contributed by atoms with Crippen LogP contribution in [0.25, 0.3) is 0 Å². The second kappa shape index (κ2) is 7.69. The van der Waals surface area contributed by atoms with Crippen LogP contribution in [-0.2, 0) is 21.3 Å². The summed E-state index contributed by atoms with van der Waals surface area (Å²) >= 11 is 3.35. The Labute approximate surface area is 119 Å². The van der Waals surface area contributed by atoms with Crippen LogP contribution in [-0.4, -0.2) is 22.4 Å². The second-order valence-corrected chi connectivity index (χ2v) is 6.93. The van der Waals surface area contributed by atoms with Crippen molar-refractivity contribution in [2.45, 2.75) is 19.6 Å². The topological polar surface area (TPSA) is 46.2 Å².